The van der Waals surface area contributed by atoms with Gasteiger partial charge < -0.3 is 9.15 Å². The SMILES string of the molecule is CC[N+](CC)=c1ccc2ccc(-c3ccc(C(=O)OC)cc3)oc-2c1. The lowest BCUT2D eigenvalue weighted by molar-refractivity contribution is 0.0600. The van der Waals surface area contributed by atoms with Crippen LogP contribution in [0.15, 0.2) is 59.0 Å². The minimum Gasteiger partial charge on any atom is -0.465 e. The molecule has 0 bridgehead atoms. The minimum atomic E-state index is -0.342. The minimum absolute atomic E-state index is 0.342. The van der Waals surface area contributed by atoms with Crippen molar-refractivity contribution in [2.75, 3.05) is 20.2 Å². The largest absolute Gasteiger partial charge is 0.465 e. The maximum atomic E-state index is 11.5. The number of methoxy groups -OCH3 is 1. The van der Waals surface area contributed by atoms with Crippen molar-refractivity contribution in [1.82, 2.24) is 4.58 Å². The van der Waals surface area contributed by atoms with Crippen molar-refractivity contribution >= 4 is 5.97 Å². The molecule has 0 saturated heterocycles. The molecule has 25 heavy (non-hydrogen) atoms. The zero-order valence-corrected chi connectivity index (χ0v) is 14.8. The molecule has 4 nitrogen and oxygen atoms in total. The second-order valence-corrected chi connectivity index (χ2v) is 5.76. The Morgan fingerprint density at radius 2 is 1.52 bits per heavy atom. The molecule has 1 aromatic carbocycles. The van der Waals surface area contributed by atoms with E-state index >= 15 is 0 Å². The summed E-state index contributed by atoms with van der Waals surface area (Å²) < 4.78 is 13.1. The molecule has 1 aliphatic heterocycles. The fraction of sp³-hybridized carbons (Fsp3) is 0.238. The third-order valence-electron chi connectivity index (χ3n) is 4.35. The van der Waals surface area contributed by atoms with Gasteiger partial charge in [0.1, 0.15) is 24.6 Å². The van der Waals surface area contributed by atoms with Crippen LogP contribution < -0.4 is 9.93 Å². The first-order chi connectivity index (χ1) is 12.2. The molecule has 2 aliphatic rings. The number of ether oxygens (including phenoxy) is 1. The van der Waals surface area contributed by atoms with Crippen LogP contribution in [0.25, 0.3) is 22.6 Å². The molecule has 0 saturated carbocycles. The number of esters is 1. The molecular weight excluding hydrogens is 314 g/mol. The standard InChI is InChI=1S/C21H22NO3/c1-4-22(5-2)18-12-10-16-11-13-19(25-20(16)14-18)15-6-8-17(9-7-15)21(23)24-3/h6-14H,4-5H2,1-3H3/q+1. The zero-order valence-electron chi connectivity index (χ0n) is 14.8. The van der Waals surface area contributed by atoms with Crippen LogP contribution >= 0.6 is 0 Å². The van der Waals surface area contributed by atoms with Gasteiger partial charge in [0.05, 0.1) is 18.7 Å². The Morgan fingerprint density at radius 1 is 0.920 bits per heavy atom. The average Bonchev–Trinajstić information content (AvgIpc) is 2.68. The number of fused-ring (bicyclic) bond motifs is 1. The van der Waals surface area contributed by atoms with E-state index in [1.54, 1.807) is 12.1 Å². The Hall–Kier alpha value is -2.88. The van der Waals surface area contributed by atoms with Gasteiger partial charge in [0.2, 0.25) is 5.36 Å². The predicted octanol–water partition coefficient (Wildman–Crippen LogP) is 3.65. The van der Waals surface area contributed by atoms with Crippen LogP contribution in [0, 0.1) is 0 Å². The van der Waals surface area contributed by atoms with E-state index in [0.29, 0.717) is 5.56 Å². The Balaban J connectivity index is 2.05. The topological polar surface area (TPSA) is 42.5 Å². The highest BCUT2D eigenvalue weighted by molar-refractivity contribution is 5.89. The second kappa shape index (κ2) is 7.34. The summed E-state index contributed by atoms with van der Waals surface area (Å²) in [7, 11) is 1.38. The van der Waals surface area contributed by atoms with Gasteiger partial charge in [-0.05, 0) is 44.2 Å². The third-order valence-corrected chi connectivity index (χ3v) is 4.35. The molecule has 0 aromatic heterocycles. The molecule has 0 amide bonds. The molecule has 1 aliphatic carbocycles. The van der Waals surface area contributed by atoms with Crippen molar-refractivity contribution in [1.29, 1.82) is 0 Å². The van der Waals surface area contributed by atoms with Gasteiger partial charge in [-0.25, -0.2) is 9.37 Å². The Bertz CT molecular complexity index is 916. The van der Waals surface area contributed by atoms with Crippen LogP contribution in [0.1, 0.15) is 24.2 Å². The summed E-state index contributed by atoms with van der Waals surface area (Å²) in [6.07, 6.45) is 0. The molecule has 128 valence electrons. The first-order valence-electron chi connectivity index (χ1n) is 8.47. The summed E-state index contributed by atoms with van der Waals surface area (Å²) in [5.74, 6) is 1.27. The smallest absolute Gasteiger partial charge is 0.337 e. The molecule has 1 heterocycles. The number of benzene rings is 2. The van der Waals surface area contributed by atoms with E-state index in [2.05, 4.69) is 36.6 Å². The van der Waals surface area contributed by atoms with Crippen LogP contribution in [0.2, 0.25) is 0 Å². The fourth-order valence-corrected chi connectivity index (χ4v) is 2.90. The normalized spacial score (nSPS) is 10.7. The van der Waals surface area contributed by atoms with Crippen molar-refractivity contribution < 1.29 is 13.9 Å². The number of carbonyl (C=O) groups is 1. The number of hydrogen-bond acceptors (Lipinski definition) is 3. The summed E-state index contributed by atoms with van der Waals surface area (Å²) in [5, 5.41) is 1.15. The zero-order chi connectivity index (χ0) is 17.8. The van der Waals surface area contributed by atoms with E-state index in [9.17, 15) is 4.79 Å². The highest BCUT2D eigenvalue weighted by Gasteiger charge is 2.11. The average molecular weight is 336 g/mol. The third kappa shape index (κ3) is 3.48. The first-order valence-corrected chi connectivity index (χ1v) is 8.47. The van der Waals surface area contributed by atoms with E-state index in [4.69, 9.17) is 9.15 Å². The van der Waals surface area contributed by atoms with Crippen LogP contribution in [0.3, 0.4) is 0 Å². The molecule has 0 radical (unpaired) electrons. The van der Waals surface area contributed by atoms with Crippen molar-refractivity contribution in [2.45, 2.75) is 13.8 Å². The molecule has 0 unspecified atom stereocenters. The van der Waals surface area contributed by atoms with Gasteiger partial charge in [-0.3, -0.25) is 0 Å². The lowest BCUT2D eigenvalue weighted by atomic mass is 10.1. The van der Waals surface area contributed by atoms with Gasteiger partial charge in [-0.2, -0.15) is 0 Å². The maximum absolute atomic E-state index is 11.5. The van der Waals surface area contributed by atoms with Gasteiger partial charge >= 0.3 is 5.97 Å². The molecule has 0 N–H and O–H groups in total. The summed E-state index contributed by atoms with van der Waals surface area (Å²) in [5.41, 5.74) is 2.50. The van der Waals surface area contributed by atoms with Crippen LogP contribution in [0.5, 0.6) is 0 Å². The molecule has 0 spiro atoms. The molecule has 0 fully saturated rings. The van der Waals surface area contributed by atoms with Crippen molar-refractivity contribution in [2.24, 2.45) is 0 Å². The summed E-state index contributed by atoms with van der Waals surface area (Å²) in [6, 6.07) is 17.5. The molecule has 0 atom stereocenters. The van der Waals surface area contributed by atoms with E-state index in [1.165, 1.54) is 7.11 Å². The number of carbonyl (C=O) groups excluding carboxylic acids is 1. The first kappa shape index (κ1) is 17.0. The van der Waals surface area contributed by atoms with E-state index in [1.807, 2.05) is 24.3 Å². The van der Waals surface area contributed by atoms with Crippen molar-refractivity contribution in [3.05, 3.63) is 65.5 Å². The van der Waals surface area contributed by atoms with Gasteiger partial charge in [0.15, 0.2) is 0 Å². The second-order valence-electron chi connectivity index (χ2n) is 5.76. The van der Waals surface area contributed by atoms with Crippen LogP contribution in [0.4, 0.5) is 0 Å². The summed E-state index contributed by atoms with van der Waals surface area (Å²) in [6.45, 7) is 6.20. The molecule has 1 aromatic rings. The molecule has 3 rings (SSSR count). The van der Waals surface area contributed by atoms with E-state index in [0.717, 1.165) is 41.1 Å². The van der Waals surface area contributed by atoms with Gasteiger partial charge in [-0.15, -0.1) is 0 Å². The quantitative estimate of drug-likeness (QED) is 0.539. The van der Waals surface area contributed by atoms with Crippen molar-refractivity contribution in [3.8, 4) is 22.6 Å². The lowest BCUT2D eigenvalue weighted by Crippen LogP contribution is -2.29. The molecular formula is C21H22NO3+. The van der Waals surface area contributed by atoms with Crippen LogP contribution in [-0.4, -0.2) is 26.2 Å². The fourth-order valence-electron chi connectivity index (χ4n) is 2.90. The molecule has 4 heteroatoms. The van der Waals surface area contributed by atoms with Gasteiger partial charge in [0, 0.05) is 17.2 Å². The predicted molar refractivity (Wildman–Crippen MR) is 98.5 cm³/mol. The summed E-state index contributed by atoms with van der Waals surface area (Å²) >= 11 is 0. The Kier molecular flexibility index (Phi) is 4.98. The lowest BCUT2D eigenvalue weighted by Gasteiger charge is -2.08. The van der Waals surface area contributed by atoms with E-state index < -0.39 is 0 Å². The van der Waals surface area contributed by atoms with Gasteiger partial charge in [-0.1, -0.05) is 12.1 Å². The number of hydrogen-bond donors (Lipinski definition) is 0. The summed E-state index contributed by atoms with van der Waals surface area (Å²) in [4.78, 5) is 11.5. The number of nitrogens with zero attached hydrogens (tertiary/aromatic N) is 1. The Labute approximate surface area is 147 Å². The number of rotatable bonds is 4. The Morgan fingerprint density at radius 3 is 2.16 bits per heavy atom. The highest BCUT2D eigenvalue weighted by atomic mass is 16.5. The maximum Gasteiger partial charge on any atom is 0.337 e. The van der Waals surface area contributed by atoms with Crippen molar-refractivity contribution in [3.63, 3.8) is 0 Å². The van der Waals surface area contributed by atoms with E-state index in [-0.39, 0.29) is 5.97 Å². The van der Waals surface area contributed by atoms with Crippen LogP contribution in [-0.2, 0) is 4.74 Å². The monoisotopic (exact) mass is 336 g/mol. The highest BCUT2D eigenvalue weighted by Crippen LogP contribution is 2.27. The van der Waals surface area contributed by atoms with Gasteiger partial charge in [0.25, 0.3) is 0 Å².